The number of aromatic nitrogens is 2. The van der Waals surface area contributed by atoms with Crippen molar-refractivity contribution in [1.82, 2.24) is 14.7 Å². The van der Waals surface area contributed by atoms with Crippen LogP contribution in [0.2, 0.25) is 0 Å². The van der Waals surface area contributed by atoms with E-state index in [2.05, 4.69) is 41.5 Å². The highest BCUT2D eigenvalue weighted by atomic mass is 32.2. The van der Waals surface area contributed by atoms with Crippen molar-refractivity contribution in [3.63, 3.8) is 0 Å². The molecule has 1 amide bonds. The fraction of sp³-hybridized carbons (Fsp3) is 0.368. The molecule has 0 spiro atoms. The molecule has 0 aliphatic heterocycles. The van der Waals surface area contributed by atoms with Gasteiger partial charge in [-0.15, -0.1) is 11.3 Å². The van der Waals surface area contributed by atoms with Gasteiger partial charge in [-0.2, -0.15) is 11.8 Å². The van der Waals surface area contributed by atoms with Crippen LogP contribution in [0.15, 0.2) is 35.8 Å². The minimum absolute atomic E-state index is 0.0570. The Bertz CT molecular complexity index is 871. The van der Waals surface area contributed by atoms with Gasteiger partial charge < -0.3 is 10.4 Å². The lowest BCUT2D eigenvalue weighted by atomic mass is 10.1. The number of benzene rings is 1. The average Bonchev–Trinajstić information content (AvgIpc) is 3.25. The number of hydrogen-bond donors (Lipinski definition) is 2. The van der Waals surface area contributed by atoms with E-state index in [0.29, 0.717) is 5.69 Å². The zero-order chi connectivity index (χ0) is 18.5. The van der Waals surface area contributed by atoms with Crippen LogP contribution < -0.4 is 5.32 Å². The first kappa shape index (κ1) is 18.9. The van der Waals surface area contributed by atoms with Crippen LogP contribution in [0.25, 0.3) is 16.2 Å². The molecule has 2 heterocycles. The summed E-state index contributed by atoms with van der Waals surface area (Å²) in [5, 5.41) is 14.2. The van der Waals surface area contributed by atoms with E-state index in [0.717, 1.165) is 34.8 Å². The predicted octanol–water partition coefficient (Wildman–Crippen LogP) is 3.47. The van der Waals surface area contributed by atoms with E-state index in [-0.39, 0.29) is 18.6 Å². The largest absolute Gasteiger partial charge is 0.394 e. The van der Waals surface area contributed by atoms with Gasteiger partial charge in [-0.05, 0) is 30.4 Å². The van der Waals surface area contributed by atoms with Gasteiger partial charge in [-0.3, -0.25) is 9.20 Å². The van der Waals surface area contributed by atoms with Crippen molar-refractivity contribution in [3.05, 3.63) is 47.1 Å². The summed E-state index contributed by atoms with van der Waals surface area (Å²) in [4.78, 5) is 18.0. The summed E-state index contributed by atoms with van der Waals surface area (Å²) in [6, 6.07) is 8.11. The van der Waals surface area contributed by atoms with Crippen LogP contribution in [0.4, 0.5) is 0 Å². The first-order valence-corrected chi connectivity index (χ1v) is 10.9. The molecule has 0 fully saturated rings. The van der Waals surface area contributed by atoms with Gasteiger partial charge in [0.1, 0.15) is 5.69 Å². The van der Waals surface area contributed by atoms with Crippen molar-refractivity contribution >= 4 is 34.0 Å². The summed E-state index contributed by atoms with van der Waals surface area (Å²) >= 11 is 3.14. The highest BCUT2D eigenvalue weighted by Crippen LogP contribution is 2.24. The molecule has 0 saturated heterocycles. The summed E-state index contributed by atoms with van der Waals surface area (Å²) in [5.74, 6) is 0.717. The molecule has 5 nitrogen and oxygen atoms in total. The van der Waals surface area contributed by atoms with Gasteiger partial charge in [0.25, 0.3) is 5.91 Å². The second-order valence-electron chi connectivity index (χ2n) is 6.08. The molecule has 0 aliphatic rings. The number of fused-ring (bicyclic) bond motifs is 1. The number of rotatable bonds is 8. The number of aliphatic hydroxyl groups excluding tert-OH is 1. The molecule has 0 saturated carbocycles. The van der Waals surface area contributed by atoms with Crippen molar-refractivity contribution in [1.29, 1.82) is 0 Å². The molecule has 1 atom stereocenters. The minimum atomic E-state index is -0.227. The second kappa shape index (κ2) is 8.70. The van der Waals surface area contributed by atoms with E-state index >= 15 is 0 Å². The normalized spacial score (nSPS) is 12.4. The number of carbonyl (C=O) groups excluding carboxylic acids is 1. The smallest absolute Gasteiger partial charge is 0.269 e. The maximum Gasteiger partial charge on any atom is 0.269 e. The summed E-state index contributed by atoms with van der Waals surface area (Å²) in [7, 11) is 0. The van der Waals surface area contributed by atoms with Crippen LogP contribution in [0.1, 0.15) is 29.4 Å². The summed E-state index contributed by atoms with van der Waals surface area (Å²) in [5.41, 5.74) is 3.74. The summed E-state index contributed by atoms with van der Waals surface area (Å²) < 4.78 is 1.83. The number of aliphatic hydroxyl groups is 1. The molecule has 0 aliphatic carbocycles. The van der Waals surface area contributed by atoms with Crippen molar-refractivity contribution in [3.8, 4) is 11.3 Å². The third kappa shape index (κ3) is 4.11. The monoisotopic (exact) mass is 389 g/mol. The van der Waals surface area contributed by atoms with Gasteiger partial charge in [-0.1, -0.05) is 31.2 Å². The lowest BCUT2D eigenvalue weighted by Crippen LogP contribution is -2.38. The molecule has 3 aromatic rings. The number of aryl methyl sites for hydroxylation is 1. The first-order chi connectivity index (χ1) is 12.7. The lowest BCUT2D eigenvalue weighted by molar-refractivity contribution is 0.0909. The van der Waals surface area contributed by atoms with Gasteiger partial charge in [0.15, 0.2) is 4.96 Å². The fourth-order valence-corrected chi connectivity index (χ4v) is 4.10. The Balaban J connectivity index is 1.81. The number of amides is 1. The maximum atomic E-state index is 12.6. The van der Waals surface area contributed by atoms with E-state index < -0.39 is 0 Å². The molecule has 2 N–H and O–H groups in total. The van der Waals surface area contributed by atoms with Gasteiger partial charge in [-0.25, -0.2) is 4.98 Å². The maximum absolute atomic E-state index is 12.6. The Morgan fingerprint density at radius 3 is 2.81 bits per heavy atom. The van der Waals surface area contributed by atoms with Gasteiger partial charge in [0.05, 0.1) is 18.3 Å². The molecular formula is C19H23N3O2S2. The third-order valence-electron chi connectivity index (χ3n) is 4.33. The highest BCUT2D eigenvalue weighted by molar-refractivity contribution is 7.98. The number of carbonyl (C=O) groups is 1. The van der Waals surface area contributed by atoms with Crippen molar-refractivity contribution in [2.75, 3.05) is 18.6 Å². The molecule has 26 heavy (non-hydrogen) atoms. The molecule has 138 valence electrons. The fourth-order valence-electron chi connectivity index (χ4n) is 2.73. The highest BCUT2D eigenvalue weighted by Gasteiger charge is 2.18. The number of nitrogens with one attached hydrogen (secondary N) is 1. The molecule has 2 aromatic heterocycles. The SMILES string of the molecule is CCc1ccc(-c2cn3c(C(=O)N[C@H](CO)CCSC)csc3n2)cc1. The van der Waals surface area contributed by atoms with E-state index in [1.807, 2.05) is 22.2 Å². The summed E-state index contributed by atoms with van der Waals surface area (Å²) in [6.45, 7) is 2.07. The zero-order valence-electron chi connectivity index (χ0n) is 14.9. The summed E-state index contributed by atoms with van der Waals surface area (Å²) in [6.07, 6.45) is 5.66. The van der Waals surface area contributed by atoms with Gasteiger partial charge in [0.2, 0.25) is 0 Å². The number of hydrogen-bond acceptors (Lipinski definition) is 5. The van der Waals surface area contributed by atoms with Crippen LogP contribution in [-0.2, 0) is 6.42 Å². The van der Waals surface area contributed by atoms with Crippen LogP contribution in [0.3, 0.4) is 0 Å². The number of imidazole rings is 1. The number of thiazole rings is 1. The molecule has 1 aromatic carbocycles. The van der Waals surface area contributed by atoms with E-state index in [9.17, 15) is 9.90 Å². The number of thioether (sulfide) groups is 1. The molecule has 7 heteroatoms. The van der Waals surface area contributed by atoms with Gasteiger partial charge in [0, 0.05) is 17.1 Å². The van der Waals surface area contributed by atoms with Crippen LogP contribution in [0, 0.1) is 0 Å². The topological polar surface area (TPSA) is 66.6 Å². The standard InChI is InChI=1S/C19H23N3O2S2/c1-3-13-4-6-14(7-5-13)16-10-22-17(12-26-19(22)21-16)18(24)20-15(11-23)8-9-25-2/h4-7,10,12,15,23H,3,8-9,11H2,1-2H3,(H,20,24)/t15-/m0/s1. The quantitative estimate of drug-likeness (QED) is 0.619. The second-order valence-corrected chi connectivity index (χ2v) is 7.91. The van der Waals surface area contributed by atoms with Crippen LogP contribution >= 0.6 is 23.1 Å². The van der Waals surface area contributed by atoms with Crippen molar-refractivity contribution in [2.24, 2.45) is 0 Å². The molecule has 0 bridgehead atoms. The van der Waals surface area contributed by atoms with Gasteiger partial charge >= 0.3 is 0 Å². The third-order valence-corrected chi connectivity index (χ3v) is 5.81. The Kier molecular flexibility index (Phi) is 6.34. The Labute approximate surface area is 161 Å². The minimum Gasteiger partial charge on any atom is -0.394 e. The van der Waals surface area contributed by atoms with E-state index in [4.69, 9.17) is 0 Å². The first-order valence-electron chi connectivity index (χ1n) is 8.62. The molecule has 0 unspecified atom stereocenters. The molecule has 3 rings (SSSR count). The average molecular weight is 390 g/mol. The Morgan fingerprint density at radius 1 is 1.38 bits per heavy atom. The van der Waals surface area contributed by atoms with E-state index in [1.165, 1.54) is 16.9 Å². The number of nitrogens with zero attached hydrogens (tertiary/aromatic N) is 2. The van der Waals surface area contributed by atoms with E-state index in [1.54, 1.807) is 11.8 Å². The molecule has 0 radical (unpaired) electrons. The van der Waals surface area contributed by atoms with Crippen LogP contribution in [-0.4, -0.2) is 45.1 Å². The predicted molar refractivity (Wildman–Crippen MR) is 109 cm³/mol. The Morgan fingerprint density at radius 2 is 2.15 bits per heavy atom. The zero-order valence-corrected chi connectivity index (χ0v) is 16.6. The lowest BCUT2D eigenvalue weighted by Gasteiger charge is -2.15. The van der Waals surface area contributed by atoms with Crippen molar-refractivity contribution < 1.29 is 9.90 Å². The Hall–Kier alpha value is -1.83. The molecular weight excluding hydrogens is 366 g/mol. The van der Waals surface area contributed by atoms with Crippen LogP contribution in [0.5, 0.6) is 0 Å². The van der Waals surface area contributed by atoms with Crippen molar-refractivity contribution in [2.45, 2.75) is 25.8 Å².